The monoisotopic (exact) mass is 1550 g/mol. The number of esters is 4. The van der Waals surface area contributed by atoms with Gasteiger partial charge in [-0.05, 0) is 31.6 Å². The number of phosphoric acid groups is 2. The molecule has 19 heteroatoms. The molecule has 0 radical (unpaired) electrons. The van der Waals surface area contributed by atoms with Gasteiger partial charge in [0.1, 0.15) is 19.3 Å². The van der Waals surface area contributed by atoms with E-state index < -0.39 is 97.5 Å². The minimum absolute atomic E-state index is 0.109. The summed E-state index contributed by atoms with van der Waals surface area (Å²) in [6.45, 7) is 7.41. The Bertz CT molecular complexity index is 2010. The molecule has 0 heterocycles. The Labute approximate surface area is 651 Å². The smallest absolute Gasteiger partial charge is 0.462 e. The lowest BCUT2D eigenvalue weighted by Crippen LogP contribution is -2.30. The molecule has 0 saturated heterocycles. The summed E-state index contributed by atoms with van der Waals surface area (Å²) in [5.41, 5.74) is 0. The van der Waals surface area contributed by atoms with Crippen molar-refractivity contribution >= 4 is 39.5 Å². The van der Waals surface area contributed by atoms with Crippen LogP contribution in [-0.2, 0) is 65.4 Å². The summed E-state index contributed by atoms with van der Waals surface area (Å²) in [7, 11) is -9.93. The summed E-state index contributed by atoms with van der Waals surface area (Å²) in [6, 6.07) is 0. The van der Waals surface area contributed by atoms with E-state index in [0.717, 1.165) is 95.8 Å². The molecule has 2 unspecified atom stereocenters. The third-order valence-corrected chi connectivity index (χ3v) is 22.4. The highest BCUT2D eigenvalue weighted by molar-refractivity contribution is 7.47. The van der Waals surface area contributed by atoms with Gasteiger partial charge in [-0.1, -0.05) is 420 Å². The molecule has 0 aromatic heterocycles. The molecule has 0 saturated carbocycles. The van der Waals surface area contributed by atoms with Crippen LogP contribution in [0.3, 0.4) is 0 Å². The van der Waals surface area contributed by atoms with Crippen molar-refractivity contribution in [3.63, 3.8) is 0 Å². The van der Waals surface area contributed by atoms with Crippen molar-refractivity contribution in [2.75, 3.05) is 39.6 Å². The SMILES string of the molecule is CCCCCCCCCCCCCCCCCCCCC(=O)OC[C@H](COP(=O)(O)OC[C@@H](O)COP(=O)(O)OC[C@@H](COC(=O)CCCCCCCCCCCCC)OC(=O)CCCCCCCCCCCCCCCCCC)OC(=O)CCCCCCCCCCCCCCCCCCCCC(C)C. The average molecular weight is 1550 g/mol. The molecule has 0 aliphatic heterocycles. The number of carbonyl (C=O) groups is 4. The number of aliphatic hydroxyl groups is 1. The topological polar surface area (TPSA) is 237 Å². The van der Waals surface area contributed by atoms with Crippen molar-refractivity contribution in [3.8, 4) is 0 Å². The first-order valence-electron chi connectivity index (χ1n) is 45.1. The van der Waals surface area contributed by atoms with E-state index in [0.29, 0.717) is 25.7 Å². The minimum Gasteiger partial charge on any atom is -0.462 e. The Morgan fingerprint density at radius 3 is 0.642 bits per heavy atom. The number of phosphoric ester groups is 2. The van der Waals surface area contributed by atoms with E-state index in [-0.39, 0.29) is 25.7 Å². The van der Waals surface area contributed by atoms with E-state index in [1.165, 1.54) is 295 Å². The number of rotatable bonds is 87. The van der Waals surface area contributed by atoms with Crippen molar-refractivity contribution in [3.05, 3.63) is 0 Å². The minimum atomic E-state index is -4.97. The van der Waals surface area contributed by atoms with Crippen LogP contribution < -0.4 is 0 Å². The molecular formula is C87H170O17P2. The predicted octanol–water partition coefficient (Wildman–Crippen LogP) is 26.8. The van der Waals surface area contributed by atoms with Crippen LogP contribution in [0.4, 0.5) is 0 Å². The summed E-state index contributed by atoms with van der Waals surface area (Å²) >= 11 is 0. The number of unbranched alkanes of at least 4 members (excludes halogenated alkanes) is 59. The molecule has 0 rings (SSSR count). The molecule has 0 amide bonds. The number of carbonyl (C=O) groups excluding carboxylic acids is 4. The fourth-order valence-electron chi connectivity index (χ4n) is 13.6. The van der Waals surface area contributed by atoms with Crippen LogP contribution in [0.2, 0.25) is 0 Å². The molecule has 0 spiro atoms. The highest BCUT2D eigenvalue weighted by atomic mass is 31.2. The van der Waals surface area contributed by atoms with Crippen LogP contribution in [0.1, 0.15) is 471 Å². The van der Waals surface area contributed by atoms with Gasteiger partial charge in [-0.3, -0.25) is 37.3 Å². The lowest BCUT2D eigenvalue weighted by molar-refractivity contribution is -0.161. The maximum absolute atomic E-state index is 13.2. The normalized spacial score (nSPS) is 13.7. The lowest BCUT2D eigenvalue weighted by atomic mass is 10.0. The molecule has 3 N–H and O–H groups in total. The molecular weight excluding hydrogens is 1380 g/mol. The fourth-order valence-corrected chi connectivity index (χ4v) is 15.2. The summed E-state index contributed by atoms with van der Waals surface area (Å²) in [5.74, 6) is -1.28. The van der Waals surface area contributed by atoms with E-state index in [1.807, 2.05) is 0 Å². The van der Waals surface area contributed by atoms with Crippen LogP contribution in [0.25, 0.3) is 0 Å². The van der Waals surface area contributed by atoms with Gasteiger partial charge >= 0.3 is 39.5 Å². The number of aliphatic hydroxyl groups excluding tert-OH is 1. The standard InChI is InChI=1S/C87H170O17P2/c1-6-9-12-15-18-21-24-26-28-30-34-38-41-46-51-56-61-66-71-85(90)98-77-83(104-87(92)73-68-63-58-53-48-43-39-35-32-31-33-36-40-45-49-54-59-64-69-80(4)5)79-102-106(95,96)100-75-81(88)74-99-105(93,94)101-78-82(76-97-84(89)70-65-60-55-50-44-23-20-17-14-11-8-3)103-86(91)72-67-62-57-52-47-42-37-29-27-25-22-19-16-13-10-7-2/h80-83,88H,6-79H2,1-5H3,(H,93,94)(H,95,96)/t81-,82+,83+/m0/s1. The van der Waals surface area contributed by atoms with E-state index >= 15 is 0 Å². The van der Waals surface area contributed by atoms with E-state index in [4.69, 9.17) is 37.0 Å². The molecule has 0 aromatic rings. The Morgan fingerprint density at radius 2 is 0.434 bits per heavy atom. The summed E-state index contributed by atoms with van der Waals surface area (Å²) < 4.78 is 68.9. The first-order chi connectivity index (χ1) is 51.5. The lowest BCUT2D eigenvalue weighted by Gasteiger charge is -2.21. The van der Waals surface area contributed by atoms with Gasteiger partial charge in [0.05, 0.1) is 26.4 Å². The van der Waals surface area contributed by atoms with Crippen molar-refractivity contribution in [1.82, 2.24) is 0 Å². The molecule has 0 fully saturated rings. The third-order valence-electron chi connectivity index (χ3n) is 20.5. The Kier molecular flexibility index (Phi) is 78.2. The molecule has 17 nitrogen and oxygen atoms in total. The largest absolute Gasteiger partial charge is 0.472 e. The molecule has 0 bridgehead atoms. The molecule has 5 atom stereocenters. The van der Waals surface area contributed by atoms with Gasteiger partial charge < -0.3 is 33.8 Å². The molecule has 0 aliphatic carbocycles. The Hall–Kier alpha value is -1.94. The number of hydrogen-bond donors (Lipinski definition) is 3. The van der Waals surface area contributed by atoms with Crippen LogP contribution in [0.5, 0.6) is 0 Å². The second-order valence-corrected chi connectivity index (χ2v) is 34.7. The zero-order valence-electron chi connectivity index (χ0n) is 69.6. The van der Waals surface area contributed by atoms with Gasteiger partial charge in [0.25, 0.3) is 0 Å². The molecule has 106 heavy (non-hydrogen) atoms. The first-order valence-corrected chi connectivity index (χ1v) is 48.1. The zero-order valence-corrected chi connectivity index (χ0v) is 71.4. The van der Waals surface area contributed by atoms with Crippen LogP contribution in [0, 0.1) is 5.92 Å². The van der Waals surface area contributed by atoms with Gasteiger partial charge in [-0.15, -0.1) is 0 Å². The van der Waals surface area contributed by atoms with Gasteiger partial charge in [-0.2, -0.15) is 0 Å². The van der Waals surface area contributed by atoms with E-state index in [9.17, 15) is 43.2 Å². The quantitative estimate of drug-likeness (QED) is 0.0222. The number of ether oxygens (including phenoxy) is 4. The van der Waals surface area contributed by atoms with Crippen molar-refractivity contribution < 1.29 is 80.2 Å². The van der Waals surface area contributed by atoms with E-state index in [1.54, 1.807) is 0 Å². The second-order valence-electron chi connectivity index (χ2n) is 31.8. The second kappa shape index (κ2) is 79.7. The maximum atomic E-state index is 13.2. The van der Waals surface area contributed by atoms with Crippen molar-refractivity contribution in [2.24, 2.45) is 5.92 Å². The summed E-state index contributed by atoms with van der Waals surface area (Å²) in [5, 5.41) is 10.7. The average Bonchev–Trinajstić information content (AvgIpc) is 0.909. The van der Waals surface area contributed by atoms with E-state index in [2.05, 4.69) is 34.6 Å². The van der Waals surface area contributed by atoms with Gasteiger partial charge in [0, 0.05) is 25.7 Å². The third kappa shape index (κ3) is 80.1. The molecule has 630 valence electrons. The van der Waals surface area contributed by atoms with Crippen molar-refractivity contribution in [2.45, 2.75) is 490 Å². The summed E-state index contributed by atoms with van der Waals surface area (Å²) in [4.78, 5) is 73.3. The first kappa shape index (κ1) is 104. The van der Waals surface area contributed by atoms with Crippen LogP contribution in [-0.4, -0.2) is 96.7 Å². The highest BCUT2D eigenvalue weighted by Crippen LogP contribution is 2.45. The van der Waals surface area contributed by atoms with Gasteiger partial charge in [-0.25, -0.2) is 9.13 Å². The Morgan fingerprint density at radius 1 is 0.255 bits per heavy atom. The molecule has 0 aromatic carbocycles. The number of hydrogen-bond acceptors (Lipinski definition) is 15. The van der Waals surface area contributed by atoms with Crippen LogP contribution >= 0.6 is 15.6 Å². The molecule has 0 aliphatic rings. The Balaban J connectivity index is 5.23. The fraction of sp³-hybridized carbons (Fsp3) is 0.954. The highest BCUT2D eigenvalue weighted by Gasteiger charge is 2.30. The van der Waals surface area contributed by atoms with Crippen LogP contribution in [0.15, 0.2) is 0 Å². The zero-order chi connectivity index (χ0) is 77.6. The summed E-state index contributed by atoms with van der Waals surface area (Å²) in [6.07, 6.45) is 73.5. The maximum Gasteiger partial charge on any atom is 0.472 e. The van der Waals surface area contributed by atoms with Gasteiger partial charge in [0.15, 0.2) is 12.2 Å². The van der Waals surface area contributed by atoms with Crippen molar-refractivity contribution in [1.29, 1.82) is 0 Å². The predicted molar refractivity (Wildman–Crippen MR) is 437 cm³/mol. The van der Waals surface area contributed by atoms with Gasteiger partial charge in [0.2, 0.25) is 0 Å².